The maximum absolute atomic E-state index is 13.6. The van der Waals surface area contributed by atoms with Gasteiger partial charge >= 0.3 is 5.97 Å². The quantitative estimate of drug-likeness (QED) is 0.623. The largest absolute Gasteiger partial charge is 0.469 e. The van der Waals surface area contributed by atoms with Crippen LogP contribution in [0.3, 0.4) is 0 Å². The van der Waals surface area contributed by atoms with E-state index in [-0.39, 0.29) is 25.1 Å². The second kappa shape index (κ2) is 8.72. The molecular formula is C15H16FNO4. The van der Waals surface area contributed by atoms with Gasteiger partial charge in [0.1, 0.15) is 5.82 Å². The van der Waals surface area contributed by atoms with Gasteiger partial charge in [0, 0.05) is 18.5 Å². The van der Waals surface area contributed by atoms with Crippen molar-refractivity contribution >= 4 is 11.9 Å². The van der Waals surface area contributed by atoms with Gasteiger partial charge in [0.25, 0.3) is 5.91 Å². The van der Waals surface area contributed by atoms with Crippen LogP contribution in [0.5, 0.6) is 0 Å². The maximum atomic E-state index is 13.6. The van der Waals surface area contributed by atoms with Crippen LogP contribution in [-0.2, 0) is 9.53 Å². The molecule has 2 N–H and O–H groups in total. The van der Waals surface area contributed by atoms with E-state index >= 15 is 0 Å². The highest BCUT2D eigenvalue weighted by atomic mass is 19.1. The Kier molecular flexibility index (Phi) is 6.92. The van der Waals surface area contributed by atoms with Gasteiger partial charge in [0.2, 0.25) is 0 Å². The molecule has 0 saturated carbocycles. The molecule has 0 atom stereocenters. The maximum Gasteiger partial charge on any atom is 0.307 e. The summed E-state index contributed by atoms with van der Waals surface area (Å²) in [7, 11) is 1.25. The van der Waals surface area contributed by atoms with Crippen LogP contribution in [0.15, 0.2) is 18.2 Å². The number of methoxy groups -OCH3 is 1. The average Bonchev–Trinajstić information content (AvgIpc) is 2.48. The molecule has 5 nitrogen and oxygen atoms in total. The Morgan fingerprint density at radius 2 is 2.19 bits per heavy atom. The lowest BCUT2D eigenvalue weighted by Gasteiger charge is -2.06. The molecule has 0 heterocycles. The number of hydrogen-bond donors (Lipinski definition) is 2. The van der Waals surface area contributed by atoms with Crippen LogP contribution in [0.1, 0.15) is 28.8 Å². The van der Waals surface area contributed by atoms with E-state index in [1.165, 1.54) is 19.2 Å². The molecule has 1 aromatic rings. The van der Waals surface area contributed by atoms with Crippen molar-refractivity contribution in [3.8, 4) is 11.8 Å². The molecule has 0 aliphatic rings. The third kappa shape index (κ3) is 5.63. The highest BCUT2D eigenvalue weighted by Crippen LogP contribution is 2.10. The van der Waals surface area contributed by atoms with Gasteiger partial charge in [-0.2, -0.15) is 0 Å². The lowest BCUT2D eigenvalue weighted by Crippen LogP contribution is -2.27. The zero-order valence-electron chi connectivity index (χ0n) is 11.6. The molecule has 0 bridgehead atoms. The molecule has 0 aliphatic heterocycles. The summed E-state index contributed by atoms with van der Waals surface area (Å²) >= 11 is 0. The molecule has 6 heteroatoms. The van der Waals surface area contributed by atoms with Gasteiger partial charge in [-0.15, -0.1) is 0 Å². The molecule has 0 radical (unpaired) electrons. The first-order valence-electron chi connectivity index (χ1n) is 6.32. The van der Waals surface area contributed by atoms with E-state index in [9.17, 15) is 14.0 Å². The fraction of sp³-hybridized carbons (Fsp3) is 0.333. The number of aliphatic hydroxyl groups excluding tert-OH is 1. The summed E-state index contributed by atoms with van der Waals surface area (Å²) < 4.78 is 18.1. The van der Waals surface area contributed by atoms with Gasteiger partial charge in [-0.3, -0.25) is 9.59 Å². The molecule has 21 heavy (non-hydrogen) atoms. The molecule has 1 aromatic carbocycles. The Morgan fingerprint density at radius 1 is 1.43 bits per heavy atom. The van der Waals surface area contributed by atoms with Crippen molar-refractivity contribution in [2.24, 2.45) is 0 Å². The normalized spacial score (nSPS) is 9.48. The predicted molar refractivity (Wildman–Crippen MR) is 73.9 cm³/mol. The Hall–Kier alpha value is -2.39. The summed E-state index contributed by atoms with van der Waals surface area (Å²) in [5.41, 5.74) is 0.332. The fourth-order valence-corrected chi connectivity index (χ4v) is 1.47. The third-order valence-electron chi connectivity index (χ3n) is 2.52. The van der Waals surface area contributed by atoms with Crippen molar-refractivity contribution in [3.63, 3.8) is 0 Å². The average molecular weight is 293 g/mol. The number of nitrogens with one attached hydrogen (secondary N) is 1. The lowest BCUT2D eigenvalue weighted by molar-refractivity contribution is -0.140. The monoisotopic (exact) mass is 293 g/mol. The topological polar surface area (TPSA) is 75.6 Å². The molecule has 1 rings (SSSR count). The van der Waals surface area contributed by atoms with Crippen LogP contribution in [0, 0.1) is 17.7 Å². The number of benzene rings is 1. The first kappa shape index (κ1) is 16.7. The van der Waals surface area contributed by atoms with E-state index in [0.29, 0.717) is 12.0 Å². The molecule has 0 fully saturated rings. The summed E-state index contributed by atoms with van der Waals surface area (Å²) in [6.45, 7) is 0.000428. The lowest BCUT2D eigenvalue weighted by atomic mass is 10.1. The SMILES string of the molecule is COC(=O)CCNC(=O)c1cc(C#CCCO)ccc1F. The van der Waals surface area contributed by atoms with Gasteiger partial charge in [-0.25, -0.2) is 4.39 Å². The summed E-state index contributed by atoms with van der Waals surface area (Å²) in [5, 5.41) is 11.1. The van der Waals surface area contributed by atoms with Gasteiger partial charge in [0.15, 0.2) is 0 Å². The number of esters is 1. The van der Waals surface area contributed by atoms with Crippen molar-refractivity contribution in [2.75, 3.05) is 20.3 Å². The minimum atomic E-state index is -0.668. The molecule has 0 saturated heterocycles. The highest BCUT2D eigenvalue weighted by Gasteiger charge is 2.12. The molecule has 0 aliphatic carbocycles. The number of halogens is 1. The van der Waals surface area contributed by atoms with Gasteiger partial charge in [-0.1, -0.05) is 11.8 Å². The zero-order valence-corrected chi connectivity index (χ0v) is 11.6. The Bertz CT molecular complexity index is 575. The minimum absolute atomic E-state index is 0.0137. The second-order valence-corrected chi connectivity index (χ2v) is 4.05. The molecule has 112 valence electrons. The number of carbonyl (C=O) groups excluding carboxylic acids is 2. The fourth-order valence-electron chi connectivity index (χ4n) is 1.47. The Morgan fingerprint density at radius 3 is 2.86 bits per heavy atom. The van der Waals surface area contributed by atoms with E-state index < -0.39 is 17.7 Å². The molecule has 0 spiro atoms. The van der Waals surface area contributed by atoms with Crippen LogP contribution < -0.4 is 5.32 Å². The number of aliphatic hydroxyl groups is 1. The van der Waals surface area contributed by atoms with Crippen molar-refractivity contribution in [3.05, 3.63) is 35.1 Å². The standard InChI is InChI=1S/C15H16FNO4/c1-21-14(19)7-8-17-15(20)12-10-11(4-2-3-9-18)5-6-13(12)16/h5-6,10,18H,3,7-9H2,1H3,(H,17,20). The van der Waals surface area contributed by atoms with Crippen LogP contribution in [0.2, 0.25) is 0 Å². The molecule has 0 unspecified atom stereocenters. The minimum Gasteiger partial charge on any atom is -0.469 e. The van der Waals surface area contributed by atoms with Gasteiger partial charge < -0.3 is 15.2 Å². The highest BCUT2D eigenvalue weighted by molar-refractivity contribution is 5.95. The van der Waals surface area contributed by atoms with Crippen LogP contribution in [-0.4, -0.2) is 37.2 Å². The van der Waals surface area contributed by atoms with Crippen LogP contribution in [0.25, 0.3) is 0 Å². The van der Waals surface area contributed by atoms with Gasteiger partial charge in [0.05, 0.1) is 25.7 Å². The molecule has 0 aromatic heterocycles. The Labute approximate surface area is 122 Å². The molecular weight excluding hydrogens is 277 g/mol. The number of ether oxygens (including phenoxy) is 1. The number of rotatable bonds is 5. The second-order valence-electron chi connectivity index (χ2n) is 4.05. The Balaban J connectivity index is 2.72. The van der Waals surface area contributed by atoms with E-state index in [1.807, 2.05) is 0 Å². The van der Waals surface area contributed by atoms with E-state index in [2.05, 4.69) is 21.9 Å². The van der Waals surface area contributed by atoms with Crippen LogP contribution >= 0.6 is 0 Å². The predicted octanol–water partition coefficient (Wildman–Crippen LogP) is 0.852. The summed E-state index contributed by atoms with van der Waals surface area (Å²) in [6.07, 6.45) is 0.317. The number of carbonyl (C=O) groups is 2. The summed E-state index contributed by atoms with van der Waals surface area (Å²) in [5.74, 6) is 3.66. The molecule has 1 amide bonds. The van der Waals surface area contributed by atoms with Crippen LogP contribution in [0.4, 0.5) is 4.39 Å². The first-order chi connectivity index (χ1) is 10.1. The third-order valence-corrected chi connectivity index (χ3v) is 2.52. The van der Waals surface area contributed by atoms with E-state index in [4.69, 9.17) is 5.11 Å². The van der Waals surface area contributed by atoms with Gasteiger partial charge in [-0.05, 0) is 18.2 Å². The van der Waals surface area contributed by atoms with Crippen molar-refractivity contribution in [1.82, 2.24) is 5.32 Å². The van der Waals surface area contributed by atoms with Crippen molar-refractivity contribution in [1.29, 1.82) is 0 Å². The van der Waals surface area contributed by atoms with E-state index in [1.54, 1.807) is 0 Å². The number of amides is 1. The number of hydrogen-bond acceptors (Lipinski definition) is 4. The summed E-state index contributed by atoms with van der Waals surface area (Å²) in [6, 6.07) is 3.93. The summed E-state index contributed by atoms with van der Waals surface area (Å²) in [4.78, 5) is 22.7. The van der Waals surface area contributed by atoms with Crippen molar-refractivity contribution in [2.45, 2.75) is 12.8 Å². The first-order valence-corrected chi connectivity index (χ1v) is 6.32. The van der Waals surface area contributed by atoms with E-state index in [0.717, 1.165) is 6.07 Å². The smallest absolute Gasteiger partial charge is 0.307 e. The zero-order chi connectivity index (χ0) is 15.7. The van der Waals surface area contributed by atoms with Crippen molar-refractivity contribution < 1.29 is 23.8 Å².